The molecule has 0 saturated carbocycles. The van der Waals surface area contributed by atoms with Crippen molar-refractivity contribution in [3.63, 3.8) is 0 Å². The van der Waals surface area contributed by atoms with E-state index in [0.29, 0.717) is 12.0 Å². The second kappa shape index (κ2) is 10.5. The molecule has 0 N–H and O–H groups in total. The molecule has 36 heavy (non-hydrogen) atoms. The van der Waals surface area contributed by atoms with E-state index < -0.39 is 0 Å². The topological polar surface area (TPSA) is 50.1 Å². The van der Waals surface area contributed by atoms with Gasteiger partial charge in [-0.1, -0.05) is 24.3 Å². The third-order valence-electron chi connectivity index (χ3n) is 7.99. The summed E-state index contributed by atoms with van der Waals surface area (Å²) < 4.78 is 2.51. The van der Waals surface area contributed by atoms with Gasteiger partial charge in [-0.15, -0.1) is 0 Å². The van der Waals surface area contributed by atoms with E-state index in [2.05, 4.69) is 68.9 Å². The standard InChI is InChI=1S/C30H36N6/c1-34(28-14-4-10-25-11-6-16-32-30(25)28)22-29-33-26-12-2-3-13-27(26)36(29)21-24-9-7-17-35(20-24)19-23-8-5-15-31-18-23/h2-3,5-6,8,11-13,15-16,18,24,28H,4,7,9-10,14,17,19-22H2,1H3/t24-,28-/m0/s1. The van der Waals surface area contributed by atoms with Gasteiger partial charge >= 0.3 is 0 Å². The smallest absolute Gasteiger partial charge is 0.124 e. The monoisotopic (exact) mass is 480 g/mol. The first-order chi connectivity index (χ1) is 17.7. The molecule has 0 unspecified atom stereocenters. The molecule has 186 valence electrons. The van der Waals surface area contributed by atoms with E-state index in [1.165, 1.54) is 54.0 Å². The Kier molecular flexibility index (Phi) is 6.79. The van der Waals surface area contributed by atoms with E-state index in [4.69, 9.17) is 9.97 Å². The fourth-order valence-electron chi connectivity index (χ4n) is 6.25. The highest BCUT2D eigenvalue weighted by Crippen LogP contribution is 2.33. The summed E-state index contributed by atoms with van der Waals surface area (Å²) in [5.74, 6) is 1.79. The lowest BCUT2D eigenvalue weighted by Crippen LogP contribution is -2.37. The number of pyridine rings is 2. The van der Waals surface area contributed by atoms with Gasteiger partial charge in [-0.25, -0.2) is 4.98 Å². The van der Waals surface area contributed by atoms with Gasteiger partial charge in [0.1, 0.15) is 5.82 Å². The Hall–Kier alpha value is -3.09. The minimum absolute atomic E-state index is 0.355. The van der Waals surface area contributed by atoms with Crippen molar-refractivity contribution < 1.29 is 0 Å². The molecule has 6 rings (SSSR count). The first kappa shape index (κ1) is 23.3. The average molecular weight is 481 g/mol. The van der Waals surface area contributed by atoms with Gasteiger partial charge in [-0.3, -0.25) is 19.8 Å². The summed E-state index contributed by atoms with van der Waals surface area (Å²) in [5, 5.41) is 0. The van der Waals surface area contributed by atoms with Crippen molar-refractivity contribution in [1.82, 2.24) is 29.3 Å². The van der Waals surface area contributed by atoms with E-state index >= 15 is 0 Å². The molecule has 1 fully saturated rings. The van der Waals surface area contributed by atoms with Crippen molar-refractivity contribution in [1.29, 1.82) is 0 Å². The van der Waals surface area contributed by atoms with Crippen LogP contribution in [0.2, 0.25) is 0 Å². The van der Waals surface area contributed by atoms with Crippen LogP contribution in [-0.4, -0.2) is 49.5 Å². The maximum Gasteiger partial charge on any atom is 0.124 e. The van der Waals surface area contributed by atoms with Crippen molar-refractivity contribution >= 4 is 11.0 Å². The molecular formula is C30H36N6. The molecule has 4 aromatic rings. The Morgan fingerprint density at radius 3 is 2.83 bits per heavy atom. The molecule has 6 heteroatoms. The molecule has 6 nitrogen and oxygen atoms in total. The highest BCUT2D eigenvalue weighted by Gasteiger charge is 2.27. The van der Waals surface area contributed by atoms with E-state index in [1.807, 2.05) is 24.7 Å². The lowest BCUT2D eigenvalue weighted by Gasteiger charge is -2.34. The fraction of sp³-hybridized carbons (Fsp3) is 0.433. The van der Waals surface area contributed by atoms with E-state index in [0.717, 1.165) is 44.5 Å². The number of rotatable bonds is 7. The number of para-hydroxylation sites is 2. The van der Waals surface area contributed by atoms with E-state index in [-0.39, 0.29) is 0 Å². The van der Waals surface area contributed by atoms with Crippen LogP contribution < -0.4 is 0 Å². The molecule has 3 aromatic heterocycles. The molecule has 2 aliphatic rings. The first-order valence-corrected chi connectivity index (χ1v) is 13.4. The minimum atomic E-state index is 0.355. The van der Waals surface area contributed by atoms with Crippen LogP contribution in [0.4, 0.5) is 0 Å². The number of hydrogen-bond donors (Lipinski definition) is 0. The molecule has 0 amide bonds. The largest absolute Gasteiger partial charge is 0.327 e. The first-order valence-electron chi connectivity index (χ1n) is 13.4. The normalized spacial score (nSPS) is 20.6. The number of aryl methyl sites for hydroxylation is 1. The molecule has 0 bridgehead atoms. The molecule has 4 heterocycles. The van der Waals surface area contributed by atoms with E-state index in [1.54, 1.807) is 0 Å². The molecule has 2 atom stereocenters. The lowest BCUT2D eigenvalue weighted by atomic mass is 9.91. The van der Waals surface area contributed by atoms with Gasteiger partial charge in [-0.05, 0) is 87.0 Å². The molecule has 1 aromatic carbocycles. The second-order valence-corrected chi connectivity index (χ2v) is 10.6. The van der Waals surface area contributed by atoms with Gasteiger partial charge in [0.2, 0.25) is 0 Å². The van der Waals surface area contributed by atoms with Crippen molar-refractivity contribution in [3.8, 4) is 0 Å². The summed E-state index contributed by atoms with van der Waals surface area (Å²) in [6, 6.07) is 17.5. The molecule has 0 radical (unpaired) electrons. The average Bonchev–Trinajstić information content (AvgIpc) is 3.25. The molecule has 0 spiro atoms. The van der Waals surface area contributed by atoms with Gasteiger partial charge in [0, 0.05) is 38.2 Å². The SMILES string of the molecule is CN(Cc1nc2ccccc2n1C[C@H]1CCCN(Cc2cccnc2)C1)[C@H]1CCCc2cccnc21. The zero-order valence-electron chi connectivity index (χ0n) is 21.3. The quantitative estimate of drug-likeness (QED) is 0.362. The van der Waals surface area contributed by atoms with E-state index in [9.17, 15) is 0 Å². The maximum absolute atomic E-state index is 5.13. The predicted octanol–water partition coefficient (Wildman–Crippen LogP) is 5.25. The highest BCUT2D eigenvalue weighted by atomic mass is 15.2. The number of imidazole rings is 1. The lowest BCUT2D eigenvalue weighted by molar-refractivity contribution is 0.153. The zero-order valence-corrected chi connectivity index (χ0v) is 21.3. The maximum atomic E-state index is 5.13. The molecule has 1 aliphatic carbocycles. The van der Waals surface area contributed by atoms with Crippen LogP contribution in [0.1, 0.15) is 54.4 Å². The summed E-state index contributed by atoms with van der Waals surface area (Å²) in [7, 11) is 2.24. The minimum Gasteiger partial charge on any atom is -0.327 e. The van der Waals surface area contributed by atoms with Crippen molar-refractivity contribution in [2.24, 2.45) is 5.92 Å². The van der Waals surface area contributed by atoms with Gasteiger partial charge in [0.05, 0.1) is 29.3 Å². The van der Waals surface area contributed by atoms with Crippen molar-refractivity contribution in [3.05, 3.63) is 89.8 Å². The number of fused-ring (bicyclic) bond motifs is 2. The number of benzene rings is 1. The zero-order chi connectivity index (χ0) is 24.3. The Bertz CT molecular complexity index is 1300. The third kappa shape index (κ3) is 4.93. The van der Waals surface area contributed by atoms with Crippen molar-refractivity contribution in [2.45, 2.75) is 57.8 Å². The third-order valence-corrected chi connectivity index (χ3v) is 7.99. The Balaban J connectivity index is 1.22. The van der Waals surface area contributed by atoms with Gasteiger partial charge in [-0.2, -0.15) is 0 Å². The molecular weight excluding hydrogens is 444 g/mol. The molecule has 1 aliphatic heterocycles. The number of hydrogen-bond acceptors (Lipinski definition) is 5. The fourth-order valence-corrected chi connectivity index (χ4v) is 6.25. The van der Waals surface area contributed by atoms with Crippen LogP contribution in [0.3, 0.4) is 0 Å². The second-order valence-electron chi connectivity index (χ2n) is 10.6. The van der Waals surface area contributed by atoms with Crippen LogP contribution in [0.15, 0.2) is 67.1 Å². The highest BCUT2D eigenvalue weighted by molar-refractivity contribution is 5.75. The summed E-state index contributed by atoms with van der Waals surface area (Å²) in [4.78, 5) is 19.3. The van der Waals surface area contributed by atoms with Crippen LogP contribution in [0.5, 0.6) is 0 Å². The van der Waals surface area contributed by atoms with Crippen LogP contribution in [0.25, 0.3) is 11.0 Å². The Morgan fingerprint density at radius 2 is 1.92 bits per heavy atom. The Labute approximate surface area is 214 Å². The summed E-state index contributed by atoms with van der Waals surface area (Å²) >= 11 is 0. The summed E-state index contributed by atoms with van der Waals surface area (Å²) in [6.45, 7) is 5.13. The Morgan fingerprint density at radius 1 is 1.00 bits per heavy atom. The van der Waals surface area contributed by atoms with Crippen molar-refractivity contribution in [2.75, 3.05) is 20.1 Å². The van der Waals surface area contributed by atoms with Gasteiger partial charge < -0.3 is 4.57 Å². The summed E-state index contributed by atoms with van der Waals surface area (Å²) in [6.07, 6.45) is 11.8. The number of likely N-dealkylation sites (tertiary alicyclic amines) is 1. The number of aromatic nitrogens is 4. The van der Waals surface area contributed by atoms with Crippen LogP contribution in [0, 0.1) is 5.92 Å². The van der Waals surface area contributed by atoms with Gasteiger partial charge in [0.25, 0.3) is 0 Å². The van der Waals surface area contributed by atoms with Gasteiger partial charge in [0.15, 0.2) is 0 Å². The number of piperidine rings is 1. The van der Waals surface area contributed by atoms with Crippen LogP contribution in [-0.2, 0) is 26.1 Å². The number of nitrogens with zero attached hydrogens (tertiary/aromatic N) is 6. The summed E-state index contributed by atoms with van der Waals surface area (Å²) in [5.41, 5.74) is 6.32. The predicted molar refractivity (Wildman–Crippen MR) is 143 cm³/mol. The molecule has 1 saturated heterocycles. The van der Waals surface area contributed by atoms with Crippen LogP contribution >= 0.6 is 0 Å².